The topological polar surface area (TPSA) is 100.0 Å². The minimum absolute atomic E-state index is 0.0995. The first-order valence-corrected chi connectivity index (χ1v) is 7.30. The monoisotopic (exact) mass is 290 g/mol. The van der Waals surface area contributed by atoms with Gasteiger partial charge in [0.25, 0.3) is 0 Å². The van der Waals surface area contributed by atoms with Crippen LogP contribution in [0.1, 0.15) is 27.7 Å². The average Bonchev–Trinajstić information content (AvgIpc) is 2.79. The Morgan fingerprint density at radius 3 is 2.25 bits per heavy atom. The summed E-state index contributed by atoms with van der Waals surface area (Å²) in [5, 5.41) is 9.43. The maximum absolute atomic E-state index is 9.43. The number of ether oxygens (including phenoxy) is 3. The summed E-state index contributed by atoms with van der Waals surface area (Å²) >= 11 is 0. The van der Waals surface area contributed by atoms with Crippen molar-refractivity contribution in [3.63, 3.8) is 0 Å². The summed E-state index contributed by atoms with van der Waals surface area (Å²) in [6.07, 6.45) is -0.526. The minimum Gasteiger partial charge on any atom is -0.388 e. The van der Waals surface area contributed by atoms with Crippen molar-refractivity contribution in [2.75, 3.05) is 26.4 Å². The highest BCUT2D eigenvalue weighted by atomic mass is 16.6. The normalized spacial score (nSPS) is 38.9. The summed E-state index contributed by atoms with van der Waals surface area (Å²) in [6, 6.07) is 0.229. The van der Waals surface area contributed by atoms with Gasteiger partial charge in [0, 0.05) is 18.0 Å². The molecule has 0 aromatic heterocycles. The summed E-state index contributed by atoms with van der Waals surface area (Å²) in [4.78, 5) is 0. The number of aliphatic hydroxyl groups excluding tert-OH is 1. The van der Waals surface area contributed by atoms with Crippen LogP contribution in [-0.2, 0) is 14.2 Å². The van der Waals surface area contributed by atoms with E-state index in [1.165, 1.54) is 0 Å². The van der Waals surface area contributed by atoms with Crippen molar-refractivity contribution in [2.45, 2.75) is 57.6 Å². The maximum Gasteiger partial charge on any atom is 0.115 e. The Bertz CT molecular complexity index is 280. The van der Waals surface area contributed by atoms with Crippen molar-refractivity contribution in [2.24, 2.45) is 17.4 Å². The van der Waals surface area contributed by atoms with E-state index in [1.54, 1.807) is 0 Å². The Kier molecular flexibility index (Phi) is 6.84. The lowest BCUT2D eigenvalue weighted by Crippen LogP contribution is -2.39. The highest BCUT2D eigenvalue weighted by Gasteiger charge is 2.54. The van der Waals surface area contributed by atoms with Crippen LogP contribution in [0.15, 0.2) is 0 Å². The lowest BCUT2D eigenvalue weighted by atomic mass is 9.89. The molecule has 0 radical (unpaired) electrons. The number of fused-ring (bicyclic) bond motifs is 1. The lowest BCUT2D eigenvalue weighted by Gasteiger charge is -2.25. The molecule has 20 heavy (non-hydrogen) atoms. The van der Waals surface area contributed by atoms with Gasteiger partial charge in [0.15, 0.2) is 0 Å². The number of nitrogens with two attached hydrogens (primary N) is 2. The number of hydrogen-bond acceptors (Lipinski definition) is 6. The molecule has 0 spiro atoms. The fourth-order valence-electron chi connectivity index (χ4n) is 2.37. The van der Waals surface area contributed by atoms with Crippen LogP contribution in [0.4, 0.5) is 0 Å². The quantitative estimate of drug-likeness (QED) is 0.667. The van der Waals surface area contributed by atoms with Crippen molar-refractivity contribution in [3.05, 3.63) is 0 Å². The van der Waals surface area contributed by atoms with Gasteiger partial charge in [-0.3, -0.25) is 0 Å². The second-order valence-electron chi connectivity index (χ2n) is 6.21. The standard InChI is InChI=1S/C8H14O3.C6H16N2O/c1-5-3-10-7-6(9)4-11-8(5,7)2;1-5(7)3-9-4-6(2)8/h5-7,9H,3-4H2,1-2H3;5-6H,3-4,7-8H2,1-2H3/t5-,6-,7-,8-;/m1./s1. The molecule has 0 aliphatic carbocycles. The molecule has 5 N–H and O–H groups in total. The molecule has 2 saturated heterocycles. The molecule has 6 heteroatoms. The molecule has 2 aliphatic rings. The maximum atomic E-state index is 9.43. The first kappa shape index (κ1) is 17.8. The molecule has 6 atom stereocenters. The van der Waals surface area contributed by atoms with Gasteiger partial charge in [0.05, 0.1) is 32.0 Å². The van der Waals surface area contributed by atoms with Crippen LogP contribution >= 0.6 is 0 Å². The Morgan fingerprint density at radius 2 is 1.80 bits per heavy atom. The Labute approximate surface area is 121 Å². The number of rotatable bonds is 4. The summed E-state index contributed by atoms with van der Waals surface area (Å²) in [7, 11) is 0. The fraction of sp³-hybridized carbons (Fsp3) is 1.00. The van der Waals surface area contributed by atoms with Gasteiger partial charge >= 0.3 is 0 Å². The summed E-state index contributed by atoms with van der Waals surface area (Å²) in [5.74, 6) is 0.393. The van der Waals surface area contributed by atoms with E-state index in [0.717, 1.165) is 0 Å². The number of aliphatic hydroxyl groups is 1. The highest BCUT2D eigenvalue weighted by Crippen LogP contribution is 2.40. The van der Waals surface area contributed by atoms with E-state index in [1.807, 2.05) is 20.8 Å². The molecule has 0 bridgehead atoms. The third kappa shape index (κ3) is 4.65. The van der Waals surface area contributed by atoms with Crippen molar-refractivity contribution < 1.29 is 19.3 Å². The van der Waals surface area contributed by atoms with Crippen molar-refractivity contribution in [1.82, 2.24) is 0 Å². The van der Waals surface area contributed by atoms with E-state index in [0.29, 0.717) is 32.3 Å². The van der Waals surface area contributed by atoms with E-state index in [9.17, 15) is 5.11 Å². The van der Waals surface area contributed by atoms with Crippen molar-refractivity contribution in [3.8, 4) is 0 Å². The zero-order valence-electron chi connectivity index (χ0n) is 13.0. The largest absolute Gasteiger partial charge is 0.388 e. The predicted octanol–water partition coefficient (Wildman–Crippen LogP) is -0.131. The van der Waals surface area contributed by atoms with E-state index < -0.39 is 6.10 Å². The molecule has 2 unspecified atom stereocenters. The first-order valence-electron chi connectivity index (χ1n) is 7.30. The molecule has 2 aliphatic heterocycles. The van der Waals surface area contributed by atoms with Gasteiger partial charge < -0.3 is 30.8 Å². The van der Waals surface area contributed by atoms with Gasteiger partial charge in [-0.15, -0.1) is 0 Å². The van der Waals surface area contributed by atoms with Gasteiger partial charge in [-0.05, 0) is 20.8 Å². The molecular formula is C14H30N2O4. The second kappa shape index (κ2) is 7.68. The molecule has 6 nitrogen and oxygen atoms in total. The van der Waals surface area contributed by atoms with E-state index in [2.05, 4.69) is 6.92 Å². The highest BCUT2D eigenvalue weighted by molar-refractivity contribution is 5.02. The van der Waals surface area contributed by atoms with Crippen LogP contribution in [-0.4, -0.2) is 61.4 Å². The van der Waals surface area contributed by atoms with E-state index >= 15 is 0 Å². The zero-order valence-corrected chi connectivity index (χ0v) is 13.0. The predicted molar refractivity (Wildman–Crippen MR) is 77.4 cm³/mol. The Balaban J connectivity index is 0.000000206. The molecular weight excluding hydrogens is 260 g/mol. The van der Waals surface area contributed by atoms with Crippen LogP contribution in [0.5, 0.6) is 0 Å². The van der Waals surface area contributed by atoms with Crippen molar-refractivity contribution in [1.29, 1.82) is 0 Å². The van der Waals surface area contributed by atoms with E-state index in [-0.39, 0.29) is 23.8 Å². The van der Waals surface area contributed by atoms with Gasteiger partial charge in [0.2, 0.25) is 0 Å². The third-order valence-corrected chi connectivity index (χ3v) is 3.75. The van der Waals surface area contributed by atoms with Crippen LogP contribution in [0.3, 0.4) is 0 Å². The van der Waals surface area contributed by atoms with Crippen LogP contribution in [0, 0.1) is 5.92 Å². The van der Waals surface area contributed by atoms with Gasteiger partial charge in [-0.25, -0.2) is 0 Å². The SMILES string of the molecule is CC(N)COCC(C)N.C[C@@H]1CO[C@@H]2[C@H](O)CO[C@]12C. The van der Waals surface area contributed by atoms with Gasteiger partial charge in [-0.2, -0.15) is 0 Å². The summed E-state index contributed by atoms with van der Waals surface area (Å²) < 4.78 is 16.0. The molecule has 120 valence electrons. The Morgan fingerprint density at radius 1 is 1.25 bits per heavy atom. The number of hydrogen-bond donors (Lipinski definition) is 3. The summed E-state index contributed by atoms with van der Waals surface area (Å²) in [6.45, 7) is 10.2. The average molecular weight is 290 g/mol. The van der Waals surface area contributed by atoms with E-state index in [4.69, 9.17) is 25.7 Å². The summed E-state index contributed by atoms with van der Waals surface area (Å²) in [5.41, 5.74) is 10.6. The molecule has 2 fully saturated rings. The molecule has 2 rings (SSSR count). The lowest BCUT2D eigenvalue weighted by molar-refractivity contribution is -0.0265. The zero-order chi connectivity index (χ0) is 15.3. The van der Waals surface area contributed by atoms with Gasteiger partial charge in [0.1, 0.15) is 12.2 Å². The smallest absolute Gasteiger partial charge is 0.115 e. The fourth-order valence-corrected chi connectivity index (χ4v) is 2.37. The molecule has 0 aromatic carbocycles. The molecule has 0 saturated carbocycles. The molecule has 2 heterocycles. The second-order valence-corrected chi connectivity index (χ2v) is 6.21. The first-order chi connectivity index (χ1) is 9.27. The minimum atomic E-state index is -0.426. The van der Waals surface area contributed by atoms with Crippen LogP contribution < -0.4 is 11.5 Å². The third-order valence-electron chi connectivity index (χ3n) is 3.75. The Hall–Kier alpha value is -0.240. The van der Waals surface area contributed by atoms with Crippen molar-refractivity contribution >= 4 is 0 Å². The molecule has 0 aromatic rings. The molecule has 0 amide bonds. The van der Waals surface area contributed by atoms with Crippen LogP contribution in [0.25, 0.3) is 0 Å². The van der Waals surface area contributed by atoms with Crippen LogP contribution in [0.2, 0.25) is 0 Å². The van der Waals surface area contributed by atoms with Gasteiger partial charge in [-0.1, -0.05) is 6.92 Å².